The Morgan fingerprint density at radius 1 is 1.10 bits per heavy atom. The van der Waals surface area contributed by atoms with Gasteiger partial charge in [0.15, 0.2) is 5.69 Å². The van der Waals surface area contributed by atoms with E-state index in [0.29, 0.717) is 16.4 Å². The van der Waals surface area contributed by atoms with Gasteiger partial charge in [-0.1, -0.05) is 28.9 Å². The van der Waals surface area contributed by atoms with Gasteiger partial charge < -0.3 is 10.2 Å². The number of carbonyl (C=O) groups excluding carboxylic acids is 1. The third-order valence-corrected chi connectivity index (χ3v) is 4.95. The molecule has 0 fully saturated rings. The molecule has 1 N–H and O–H groups in total. The number of nitrogens with one attached hydrogen (secondary N) is 1. The predicted octanol–water partition coefficient (Wildman–Crippen LogP) is 4.10. The molecular weight excluding hydrogens is 388 g/mol. The van der Waals surface area contributed by atoms with Crippen LogP contribution in [0.15, 0.2) is 54.7 Å². The van der Waals surface area contributed by atoms with Crippen molar-refractivity contribution in [2.24, 2.45) is 0 Å². The maximum atomic E-state index is 12.9. The average Bonchev–Trinajstić information content (AvgIpc) is 3.08. The number of nitrogens with zero attached hydrogens (tertiary/aromatic N) is 5. The lowest BCUT2D eigenvalue weighted by Crippen LogP contribution is -2.18. The summed E-state index contributed by atoms with van der Waals surface area (Å²) in [5.74, 6) is -0.350. The highest BCUT2D eigenvalue weighted by atomic mass is 35.5. The molecular formula is C21H19ClN6O. The number of anilines is 2. The first-order valence-corrected chi connectivity index (χ1v) is 9.39. The highest BCUT2D eigenvalue weighted by Crippen LogP contribution is 2.33. The van der Waals surface area contributed by atoms with Crippen LogP contribution < -0.4 is 10.2 Å². The highest BCUT2D eigenvalue weighted by Gasteiger charge is 2.20. The molecule has 4 rings (SSSR count). The molecule has 2 aromatic heterocycles. The lowest BCUT2D eigenvalue weighted by Gasteiger charge is -2.19. The van der Waals surface area contributed by atoms with E-state index in [9.17, 15) is 4.79 Å². The van der Waals surface area contributed by atoms with Crippen molar-refractivity contribution in [3.8, 4) is 5.69 Å². The zero-order chi connectivity index (χ0) is 20.5. The number of pyridine rings is 1. The lowest BCUT2D eigenvalue weighted by molar-refractivity contribution is 0.102. The van der Waals surface area contributed by atoms with Crippen LogP contribution >= 0.6 is 11.6 Å². The molecule has 2 heterocycles. The SMILES string of the molecule is Cc1c(C(=O)Nc2cccc(Cl)c2N(C)C)nnn1-c1cccc2ncccc12. The van der Waals surface area contributed by atoms with E-state index in [1.54, 1.807) is 29.1 Å². The second-order valence-electron chi connectivity index (χ2n) is 6.77. The van der Waals surface area contributed by atoms with Gasteiger partial charge in [0, 0.05) is 25.7 Å². The normalized spacial score (nSPS) is 10.9. The standard InChI is InChI=1S/C21H19ClN6O/c1-13-19(21(29)24-17-10-4-8-15(22)20(17)27(2)3)25-26-28(13)18-11-5-9-16-14(18)7-6-12-23-16/h4-12H,1-3H3,(H,24,29). The maximum absolute atomic E-state index is 12.9. The summed E-state index contributed by atoms with van der Waals surface area (Å²) in [6, 6.07) is 15.0. The van der Waals surface area contributed by atoms with E-state index in [2.05, 4.69) is 20.6 Å². The number of hydrogen-bond donors (Lipinski definition) is 1. The van der Waals surface area contributed by atoms with Crippen LogP contribution in [-0.2, 0) is 0 Å². The van der Waals surface area contributed by atoms with Crippen LogP contribution in [-0.4, -0.2) is 40.0 Å². The molecule has 7 nitrogen and oxygen atoms in total. The first-order chi connectivity index (χ1) is 14.0. The lowest BCUT2D eigenvalue weighted by atomic mass is 10.1. The average molecular weight is 407 g/mol. The molecule has 2 aromatic carbocycles. The minimum Gasteiger partial charge on any atom is -0.375 e. The molecule has 0 aliphatic carbocycles. The summed E-state index contributed by atoms with van der Waals surface area (Å²) in [7, 11) is 3.74. The van der Waals surface area contributed by atoms with Crippen molar-refractivity contribution in [1.82, 2.24) is 20.0 Å². The molecule has 0 spiro atoms. The molecule has 146 valence electrons. The van der Waals surface area contributed by atoms with Crippen LogP contribution in [0.2, 0.25) is 5.02 Å². The van der Waals surface area contributed by atoms with Crippen molar-refractivity contribution >= 4 is 39.8 Å². The zero-order valence-electron chi connectivity index (χ0n) is 16.2. The third kappa shape index (κ3) is 3.40. The summed E-state index contributed by atoms with van der Waals surface area (Å²) in [5, 5.41) is 12.7. The van der Waals surface area contributed by atoms with Gasteiger partial charge in [-0.3, -0.25) is 9.78 Å². The summed E-state index contributed by atoms with van der Waals surface area (Å²) in [5.41, 5.74) is 3.88. The molecule has 1 amide bonds. The fourth-order valence-corrected chi connectivity index (χ4v) is 3.64. The molecule has 0 saturated heterocycles. The van der Waals surface area contributed by atoms with Crippen molar-refractivity contribution in [3.63, 3.8) is 0 Å². The van der Waals surface area contributed by atoms with Gasteiger partial charge in [0.05, 0.1) is 33.3 Å². The largest absolute Gasteiger partial charge is 0.375 e. The van der Waals surface area contributed by atoms with E-state index in [0.717, 1.165) is 22.3 Å². The van der Waals surface area contributed by atoms with E-state index in [4.69, 9.17) is 11.6 Å². The van der Waals surface area contributed by atoms with Crippen molar-refractivity contribution in [3.05, 3.63) is 71.1 Å². The van der Waals surface area contributed by atoms with Crippen molar-refractivity contribution < 1.29 is 4.79 Å². The third-order valence-electron chi connectivity index (χ3n) is 4.64. The second kappa shape index (κ2) is 7.52. The molecule has 0 unspecified atom stereocenters. The molecule has 4 aromatic rings. The van der Waals surface area contributed by atoms with Gasteiger partial charge in [0.2, 0.25) is 0 Å². The van der Waals surface area contributed by atoms with Crippen LogP contribution in [0.4, 0.5) is 11.4 Å². The summed E-state index contributed by atoms with van der Waals surface area (Å²) in [4.78, 5) is 19.2. The van der Waals surface area contributed by atoms with Crippen LogP contribution in [0, 0.1) is 6.92 Å². The molecule has 0 aliphatic heterocycles. The van der Waals surface area contributed by atoms with Gasteiger partial charge >= 0.3 is 0 Å². The first kappa shape index (κ1) is 18.9. The molecule has 0 radical (unpaired) electrons. The minimum absolute atomic E-state index is 0.246. The van der Waals surface area contributed by atoms with E-state index in [1.165, 1.54) is 0 Å². The van der Waals surface area contributed by atoms with E-state index in [1.807, 2.05) is 56.3 Å². The Bertz CT molecular complexity index is 1210. The molecule has 0 saturated carbocycles. The Kier molecular flexibility index (Phi) is 4.90. The van der Waals surface area contributed by atoms with E-state index >= 15 is 0 Å². The zero-order valence-corrected chi connectivity index (χ0v) is 17.0. The van der Waals surface area contributed by atoms with E-state index < -0.39 is 0 Å². The monoisotopic (exact) mass is 406 g/mol. The molecule has 0 atom stereocenters. The van der Waals surface area contributed by atoms with Crippen LogP contribution in [0.5, 0.6) is 0 Å². The molecule has 8 heteroatoms. The Morgan fingerprint density at radius 2 is 1.90 bits per heavy atom. The van der Waals surface area contributed by atoms with Crippen molar-refractivity contribution in [2.75, 3.05) is 24.3 Å². The number of fused-ring (bicyclic) bond motifs is 1. The smallest absolute Gasteiger partial charge is 0.278 e. The Balaban J connectivity index is 1.71. The maximum Gasteiger partial charge on any atom is 0.278 e. The summed E-state index contributed by atoms with van der Waals surface area (Å²) in [6.45, 7) is 1.81. The fraction of sp³-hybridized carbons (Fsp3) is 0.143. The van der Waals surface area contributed by atoms with Gasteiger partial charge in [-0.15, -0.1) is 5.10 Å². The van der Waals surface area contributed by atoms with Crippen molar-refractivity contribution in [2.45, 2.75) is 6.92 Å². The Labute approximate surface area is 172 Å². The summed E-state index contributed by atoms with van der Waals surface area (Å²) < 4.78 is 1.66. The van der Waals surface area contributed by atoms with Gasteiger partial charge in [-0.2, -0.15) is 0 Å². The Morgan fingerprint density at radius 3 is 2.69 bits per heavy atom. The number of halogens is 1. The van der Waals surface area contributed by atoms with Crippen LogP contribution in [0.1, 0.15) is 16.2 Å². The molecule has 29 heavy (non-hydrogen) atoms. The van der Waals surface area contributed by atoms with Gasteiger partial charge in [-0.25, -0.2) is 4.68 Å². The predicted molar refractivity (Wildman–Crippen MR) is 115 cm³/mol. The number of hydrogen-bond acceptors (Lipinski definition) is 5. The van der Waals surface area contributed by atoms with E-state index in [-0.39, 0.29) is 11.6 Å². The van der Waals surface area contributed by atoms with Crippen LogP contribution in [0.25, 0.3) is 16.6 Å². The van der Waals surface area contributed by atoms with Crippen LogP contribution in [0.3, 0.4) is 0 Å². The van der Waals surface area contributed by atoms with Crippen molar-refractivity contribution in [1.29, 1.82) is 0 Å². The number of benzene rings is 2. The highest BCUT2D eigenvalue weighted by molar-refractivity contribution is 6.34. The number of amides is 1. The number of rotatable bonds is 4. The fourth-order valence-electron chi connectivity index (χ4n) is 3.29. The van der Waals surface area contributed by atoms with Gasteiger partial charge in [0.1, 0.15) is 0 Å². The van der Waals surface area contributed by atoms with Gasteiger partial charge in [-0.05, 0) is 43.3 Å². The number of para-hydroxylation sites is 1. The number of carbonyl (C=O) groups is 1. The molecule has 0 bridgehead atoms. The topological polar surface area (TPSA) is 75.9 Å². The first-order valence-electron chi connectivity index (χ1n) is 9.01. The Hall–Kier alpha value is -3.45. The number of aromatic nitrogens is 4. The minimum atomic E-state index is -0.350. The summed E-state index contributed by atoms with van der Waals surface area (Å²) in [6.07, 6.45) is 1.74. The second-order valence-corrected chi connectivity index (χ2v) is 7.17. The quantitative estimate of drug-likeness (QED) is 0.552. The summed E-state index contributed by atoms with van der Waals surface area (Å²) >= 11 is 6.29. The van der Waals surface area contributed by atoms with Gasteiger partial charge in [0.25, 0.3) is 5.91 Å². The molecule has 0 aliphatic rings.